The Morgan fingerprint density at radius 3 is 1.16 bits per heavy atom. The van der Waals surface area contributed by atoms with E-state index in [0.717, 1.165) is 64.2 Å². The largest absolute Gasteiger partial charge is 0.466 e. The molecule has 0 aliphatic rings. The van der Waals surface area contributed by atoms with Gasteiger partial charge >= 0.3 is 5.97 Å². The summed E-state index contributed by atoms with van der Waals surface area (Å²) < 4.78 is 5.46. The van der Waals surface area contributed by atoms with Crippen LogP contribution >= 0.6 is 0 Å². The highest BCUT2D eigenvalue weighted by Crippen LogP contribution is 2.17. The van der Waals surface area contributed by atoms with Crippen LogP contribution in [-0.2, 0) is 14.3 Å². The Kier molecular flexibility index (Phi) is 56.0. The van der Waals surface area contributed by atoms with Crippen molar-refractivity contribution >= 4 is 11.9 Å². The summed E-state index contributed by atoms with van der Waals surface area (Å²) in [6.45, 7) is 4.86. The molecule has 0 bridgehead atoms. The summed E-state index contributed by atoms with van der Waals surface area (Å²) in [6.07, 6.45) is 71.7. The summed E-state index contributed by atoms with van der Waals surface area (Å²) in [7, 11) is 0. The van der Waals surface area contributed by atoms with E-state index in [9.17, 15) is 19.8 Å². The number of hydrogen-bond acceptors (Lipinski definition) is 5. The van der Waals surface area contributed by atoms with E-state index in [1.807, 2.05) is 6.08 Å². The summed E-state index contributed by atoms with van der Waals surface area (Å²) in [5.41, 5.74) is 0. The number of aliphatic hydroxyl groups excluding tert-OH is 2. The average Bonchev–Trinajstić information content (AvgIpc) is 3.34. The molecule has 400 valence electrons. The van der Waals surface area contributed by atoms with Crippen LogP contribution < -0.4 is 5.32 Å². The maximum absolute atomic E-state index is 12.5. The van der Waals surface area contributed by atoms with Crippen LogP contribution in [0.4, 0.5) is 0 Å². The van der Waals surface area contributed by atoms with Gasteiger partial charge in [0.25, 0.3) is 0 Å². The lowest BCUT2D eigenvalue weighted by molar-refractivity contribution is -0.143. The number of amides is 1. The molecule has 0 fully saturated rings. The van der Waals surface area contributed by atoms with Crippen molar-refractivity contribution in [2.75, 3.05) is 13.2 Å². The van der Waals surface area contributed by atoms with E-state index in [1.165, 1.54) is 231 Å². The smallest absolute Gasteiger partial charge is 0.305 e. The first-order chi connectivity index (χ1) is 33.5. The number of nitrogens with one attached hydrogen (secondary N) is 1. The van der Waals surface area contributed by atoms with Gasteiger partial charge in [-0.3, -0.25) is 9.59 Å². The molecule has 0 saturated heterocycles. The summed E-state index contributed by atoms with van der Waals surface area (Å²) in [6, 6.07) is -0.636. The molecule has 2 atom stereocenters. The van der Waals surface area contributed by atoms with Crippen molar-refractivity contribution in [1.29, 1.82) is 0 Å². The fourth-order valence-corrected chi connectivity index (χ4v) is 9.24. The number of allylic oxidation sites excluding steroid dienone is 5. The summed E-state index contributed by atoms with van der Waals surface area (Å²) >= 11 is 0. The minimum atomic E-state index is -0.852. The molecule has 0 aromatic carbocycles. The number of esters is 1. The van der Waals surface area contributed by atoms with Crippen molar-refractivity contribution in [2.45, 2.75) is 334 Å². The Morgan fingerprint density at radius 2 is 0.750 bits per heavy atom. The van der Waals surface area contributed by atoms with Gasteiger partial charge in [-0.05, 0) is 57.8 Å². The Hall–Kier alpha value is -1.92. The monoisotopic (exact) mass is 956 g/mol. The molecule has 0 aromatic rings. The predicted molar refractivity (Wildman–Crippen MR) is 296 cm³/mol. The third kappa shape index (κ3) is 53.4. The second-order valence-corrected chi connectivity index (χ2v) is 20.7. The van der Waals surface area contributed by atoms with Gasteiger partial charge in [0.1, 0.15) is 0 Å². The third-order valence-electron chi connectivity index (χ3n) is 13.9. The Balaban J connectivity index is 3.47. The van der Waals surface area contributed by atoms with Gasteiger partial charge in [0, 0.05) is 12.8 Å². The zero-order valence-corrected chi connectivity index (χ0v) is 45.6. The van der Waals surface area contributed by atoms with E-state index < -0.39 is 12.1 Å². The van der Waals surface area contributed by atoms with E-state index in [-0.39, 0.29) is 18.5 Å². The zero-order chi connectivity index (χ0) is 49.3. The fraction of sp³-hybridized carbons (Fsp3) is 0.871. The molecule has 0 heterocycles. The van der Waals surface area contributed by atoms with Crippen LogP contribution in [-0.4, -0.2) is 47.4 Å². The molecule has 0 saturated carbocycles. The molecule has 68 heavy (non-hydrogen) atoms. The van der Waals surface area contributed by atoms with Gasteiger partial charge in [0.05, 0.1) is 25.4 Å². The second-order valence-electron chi connectivity index (χ2n) is 20.7. The number of carbonyl (C=O) groups excluding carboxylic acids is 2. The molecule has 2 unspecified atom stereocenters. The van der Waals surface area contributed by atoms with Crippen LogP contribution in [0.5, 0.6) is 0 Å². The number of unbranched alkanes of at least 4 members (excludes halogenated alkanes) is 41. The van der Waals surface area contributed by atoms with Crippen LogP contribution in [0.1, 0.15) is 322 Å². The number of rotatable bonds is 56. The maximum atomic E-state index is 12.5. The summed E-state index contributed by atoms with van der Waals surface area (Å²) in [5, 5.41) is 23.2. The highest BCUT2D eigenvalue weighted by Gasteiger charge is 2.18. The van der Waals surface area contributed by atoms with Gasteiger partial charge in [-0.25, -0.2) is 0 Å². The van der Waals surface area contributed by atoms with E-state index >= 15 is 0 Å². The molecule has 6 nitrogen and oxygen atoms in total. The number of ether oxygens (including phenoxy) is 1. The zero-order valence-electron chi connectivity index (χ0n) is 45.6. The van der Waals surface area contributed by atoms with E-state index in [0.29, 0.717) is 19.4 Å². The quantitative estimate of drug-likeness (QED) is 0.0321. The van der Waals surface area contributed by atoms with Crippen molar-refractivity contribution < 1.29 is 24.5 Å². The van der Waals surface area contributed by atoms with Gasteiger partial charge in [0.2, 0.25) is 5.91 Å². The molecular formula is C62H117NO5. The van der Waals surface area contributed by atoms with Crippen molar-refractivity contribution in [2.24, 2.45) is 0 Å². The molecule has 0 aromatic heterocycles. The maximum Gasteiger partial charge on any atom is 0.305 e. The summed E-state index contributed by atoms with van der Waals surface area (Å²) in [4.78, 5) is 24.5. The van der Waals surface area contributed by atoms with Crippen molar-refractivity contribution in [3.63, 3.8) is 0 Å². The molecule has 0 rings (SSSR count). The molecule has 6 heteroatoms. The minimum Gasteiger partial charge on any atom is -0.466 e. The molecule has 1 amide bonds. The van der Waals surface area contributed by atoms with Crippen LogP contribution in [0.25, 0.3) is 0 Å². The highest BCUT2D eigenvalue weighted by atomic mass is 16.5. The predicted octanol–water partition coefficient (Wildman–Crippen LogP) is 18.8. The normalized spacial score (nSPS) is 12.8. The SMILES string of the molecule is CCCC/C=C\C/C=C\CCCCCCCC(=O)OCCCCCCCCCCCCCCCCCC(=O)NC(CO)C(O)/C=C/CCCCCCCCCCCCCCCCCCCCCC. The lowest BCUT2D eigenvalue weighted by atomic mass is 10.0. The van der Waals surface area contributed by atoms with Crippen LogP contribution in [0, 0.1) is 0 Å². The third-order valence-corrected chi connectivity index (χ3v) is 13.9. The van der Waals surface area contributed by atoms with E-state index in [4.69, 9.17) is 4.74 Å². The molecule has 0 spiro atoms. The molecule has 0 aliphatic carbocycles. The second kappa shape index (κ2) is 57.7. The average molecular weight is 957 g/mol. The minimum absolute atomic E-state index is 0.0148. The topological polar surface area (TPSA) is 95.9 Å². The number of aliphatic hydroxyl groups is 2. The van der Waals surface area contributed by atoms with E-state index in [2.05, 4.69) is 43.5 Å². The highest BCUT2D eigenvalue weighted by molar-refractivity contribution is 5.76. The molecular weight excluding hydrogens is 839 g/mol. The Labute approximate surface area is 424 Å². The Morgan fingerprint density at radius 1 is 0.412 bits per heavy atom. The van der Waals surface area contributed by atoms with Crippen LogP contribution in [0.15, 0.2) is 36.5 Å². The van der Waals surface area contributed by atoms with Crippen molar-refractivity contribution in [3.8, 4) is 0 Å². The van der Waals surface area contributed by atoms with Gasteiger partial charge in [-0.1, -0.05) is 288 Å². The lowest BCUT2D eigenvalue weighted by Gasteiger charge is -2.20. The first-order valence-electron chi connectivity index (χ1n) is 30.3. The van der Waals surface area contributed by atoms with Crippen LogP contribution in [0.2, 0.25) is 0 Å². The molecule has 0 aliphatic heterocycles. The molecule has 0 radical (unpaired) electrons. The van der Waals surface area contributed by atoms with Gasteiger partial charge in [-0.15, -0.1) is 0 Å². The lowest BCUT2D eigenvalue weighted by Crippen LogP contribution is -2.45. The van der Waals surface area contributed by atoms with Gasteiger partial charge < -0.3 is 20.3 Å². The van der Waals surface area contributed by atoms with Gasteiger partial charge in [-0.2, -0.15) is 0 Å². The fourth-order valence-electron chi connectivity index (χ4n) is 9.24. The molecule has 3 N–H and O–H groups in total. The number of hydrogen-bond donors (Lipinski definition) is 3. The standard InChI is InChI=1S/C62H117NO5/c1-3-5-7-9-11-13-15-17-19-20-21-22-23-24-25-27-30-34-38-42-46-50-54-60(65)59(58-64)63-61(66)55-51-47-43-39-35-31-28-26-29-33-37-41-45-49-53-57-68-62(67)56-52-48-44-40-36-32-18-16-14-12-10-8-6-4-2/h10,12,16,18,50,54,59-60,64-65H,3-9,11,13-15,17,19-49,51-53,55-58H2,1-2H3,(H,63,66)/b12-10-,18-16-,54-50+. The Bertz CT molecular complexity index is 1100. The summed E-state index contributed by atoms with van der Waals surface area (Å²) in [5.74, 6) is -0.0894. The first kappa shape index (κ1) is 66.1. The van der Waals surface area contributed by atoms with Crippen LogP contribution in [0.3, 0.4) is 0 Å². The van der Waals surface area contributed by atoms with Crippen molar-refractivity contribution in [1.82, 2.24) is 5.32 Å². The number of carbonyl (C=O) groups is 2. The van der Waals surface area contributed by atoms with Crippen molar-refractivity contribution in [3.05, 3.63) is 36.5 Å². The first-order valence-corrected chi connectivity index (χ1v) is 30.3. The van der Waals surface area contributed by atoms with E-state index in [1.54, 1.807) is 6.08 Å². The van der Waals surface area contributed by atoms with Gasteiger partial charge in [0.15, 0.2) is 0 Å².